The Hall–Kier alpha value is -0.930. The minimum Gasteiger partial charge on any atom is -0.315 e. The lowest BCUT2D eigenvalue weighted by Crippen LogP contribution is -2.37. The molecule has 1 unspecified atom stereocenters. The van der Waals surface area contributed by atoms with E-state index in [1.807, 2.05) is 6.07 Å². The van der Waals surface area contributed by atoms with Crippen LogP contribution in [0.25, 0.3) is 0 Å². The van der Waals surface area contributed by atoms with E-state index in [4.69, 9.17) is 0 Å². The minimum absolute atomic E-state index is 0.162. The van der Waals surface area contributed by atoms with Crippen molar-refractivity contribution in [3.63, 3.8) is 0 Å². The van der Waals surface area contributed by atoms with Crippen LogP contribution in [0.5, 0.6) is 0 Å². The summed E-state index contributed by atoms with van der Waals surface area (Å²) < 4.78 is 13.0. The maximum Gasteiger partial charge on any atom is 0.123 e. The highest BCUT2D eigenvalue weighted by molar-refractivity contribution is 5.16. The molecule has 1 aromatic carbocycles. The van der Waals surface area contributed by atoms with Gasteiger partial charge in [0.05, 0.1) is 0 Å². The van der Waals surface area contributed by atoms with E-state index in [1.165, 1.54) is 6.07 Å². The van der Waals surface area contributed by atoms with E-state index in [9.17, 15) is 4.39 Å². The first-order valence-corrected chi connectivity index (χ1v) is 5.79. The smallest absolute Gasteiger partial charge is 0.123 e. The fraction of sp³-hybridized carbons (Fsp3) is 0.538. The predicted molar refractivity (Wildman–Crippen MR) is 65.9 cm³/mol. The van der Waals surface area contributed by atoms with Gasteiger partial charge in [0.15, 0.2) is 0 Å². The average molecular weight is 224 g/mol. The molecule has 90 valence electrons. The molecule has 0 radical (unpaired) electrons. The second kappa shape index (κ2) is 6.61. The Balaban J connectivity index is 2.47. The Morgan fingerprint density at radius 3 is 2.81 bits per heavy atom. The highest BCUT2D eigenvalue weighted by atomic mass is 19.1. The second-order valence-corrected chi connectivity index (χ2v) is 4.20. The van der Waals surface area contributed by atoms with Gasteiger partial charge in [-0.1, -0.05) is 19.1 Å². The molecule has 1 N–H and O–H groups in total. The fourth-order valence-corrected chi connectivity index (χ4v) is 1.59. The van der Waals surface area contributed by atoms with Crippen molar-refractivity contribution >= 4 is 0 Å². The molecule has 0 aliphatic carbocycles. The molecule has 0 bridgehead atoms. The van der Waals surface area contributed by atoms with Crippen molar-refractivity contribution in [2.24, 2.45) is 0 Å². The summed E-state index contributed by atoms with van der Waals surface area (Å²) in [4.78, 5) is 2.22. The molecule has 0 saturated carbocycles. The van der Waals surface area contributed by atoms with Crippen LogP contribution in [0.4, 0.5) is 4.39 Å². The normalized spacial score (nSPS) is 13.1. The van der Waals surface area contributed by atoms with Gasteiger partial charge in [-0.15, -0.1) is 0 Å². The van der Waals surface area contributed by atoms with E-state index in [0.29, 0.717) is 6.04 Å². The third kappa shape index (κ3) is 4.29. The molecule has 0 aliphatic rings. The summed E-state index contributed by atoms with van der Waals surface area (Å²) in [7, 11) is 2.06. The minimum atomic E-state index is -0.162. The lowest BCUT2D eigenvalue weighted by Gasteiger charge is -2.24. The molecule has 16 heavy (non-hydrogen) atoms. The monoisotopic (exact) mass is 224 g/mol. The Morgan fingerprint density at radius 1 is 1.44 bits per heavy atom. The molecule has 0 saturated heterocycles. The topological polar surface area (TPSA) is 15.3 Å². The molecule has 1 aromatic rings. The molecule has 2 nitrogen and oxygen atoms in total. The van der Waals surface area contributed by atoms with Gasteiger partial charge < -0.3 is 5.32 Å². The molecule has 0 aliphatic heterocycles. The quantitative estimate of drug-likeness (QED) is 0.797. The number of benzene rings is 1. The van der Waals surface area contributed by atoms with Gasteiger partial charge in [0, 0.05) is 19.1 Å². The zero-order valence-corrected chi connectivity index (χ0v) is 10.3. The third-order valence-corrected chi connectivity index (χ3v) is 2.76. The van der Waals surface area contributed by atoms with Crippen LogP contribution in [0, 0.1) is 5.82 Å². The van der Waals surface area contributed by atoms with Gasteiger partial charge in [0.1, 0.15) is 5.82 Å². The van der Waals surface area contributed by atoms with Gasteiger partial charge >= 0.3 is 0 Å². The van der Waals surface area contributed by atoms with Crippen LogP contribution in [0.15, 0.2) is 24.3 Å². The second-order valence-electron chi connectivity index (χ2n) is 4.20. The van der Waals surface area contributed by atoms with E-state index >= 15 is 0 Å². The molecule has 0 fully saturated rings. The van der Waals surface area contributed by atoms with Crippen LogP contribution in [0.3, 0.4) is 0 Å². The van der Waals surface area contributed by atoms with Crippen molar-refractivity contribution in [3.8, 4) is 0 Å². The van der Waals surface area contributed by atoms with Gasteiger partial charge in [-0.25, -0.2) is 4.39 Å². The summed E-state index contributed by atoms with van der Waals surface area (Å²) in [5.74, 6) is -0.162. The standard InChI is InChI=1S/C13H21FN2/c1-4-15-9-11(2)16(3)10-12-6-5-7-13(14)8-12/h5-8,11,15H,4,9-10H2,1-3H3. The number of nitrogens with one attached hydrogen (secondary N) is 1. The van der Waals surface area contributed by atoms with Gasteiger partial charge in [-0.3, -0.25) is 4.90 Å². The first-order valence-electron chi connectivity index (χ1n) is 5.79. The predicted octanol–water partition coefficient (Wildman–Crippen LogP) is 2.26. The van der Waals surface area contributed by atoms with Gasteiger partial charge in [0.2, 0.25) is 0 Å². The number of hydrogen-bond donors (Lipinski definition) is 1. The Morgan fingerprint density at radius 2 is 2.19 bits per heavy atom. The van der Waals surface area contributed by atoms with E-state index < -0.39 is 0 Å². The largest absolute Gasteiger partial charge is 0.315 e. The molecular formula is C13H21FN2. The van der Waals surface area contributed by atoms with Gasteiger partial charge in [0.25, 0.3) is 0 Å². The Bertz CT molecular complexity index is 315. The van der Waals surface area contributed by atoms with Gasteiger partial charge in [-0.05, 0) is 38.2 Å². The Kier molecular flexibility index (Phi) is 5.43. The summed E-state index contributed by atoms with van der Waals surface area (Å²) in [5, 5.41) is 3.31. The number of nitrogens with zero attached hydrogens (tertiary/aromatic N) is 1. The lowest BCUT2D eigenvalue weighted by molar-refractivity contribution is 0.243. The van der Waals surface area contributed by atoms with E-state index in [1.54, 1.807) is 12.1 Å². The average Bonchev–Trinajstić information content (AvgIpc) is 2.25. The Labute approximate surface area is 97.5 Å². The fourth-order valence-electron chi connectivity index (χ4n) is 1.59. The van der Waals surface area contributed by atoms with Gasteiger partial charge in [-0.2, -0.15) is 0 Å². The van der Waals surface area contributed by atoms with Crippen LogP contribution >= 0.6 is 0 Å². The van der Waals surface area contributed by atoms with Crippen molar-refractivity contribution in [3.05, 3.63) is 35.6 Å². The number of hydrogen-bond acceptors (Lipinski definition) is 2. The highest BCUT2D eigenvalue weighted by Gasteiger charge is 2.08. The first kappa shape index (κ1) is 13.1. The van der Waals surface area contributed by atoms with Crippen molar-refractivity contribution in [1.82, 2.24) is 10.2 Å². The summed E-state index contributed by atoms with van der Waals surface area (Å²) in [6, 6.07) is 7.23. The zero-order chi connectivity index (χ0) is 12.0. The summed E-state index contributed by atoms with van der Waals surface area (Å²) in [5.41, 5.74) is 1.02. The van der Waals surface area contributed by atoms with Crippen molar-refractivity contribution < 1.29 is 4.39 Å². The van der Waals surface area contributed by atoms with E-state index in [0.717, 1.165) is 25.2 Å². The molecule has 0 aromatic heterocycles. The van der Waals surface area contributed by atoms with Crippen molar-refractivity contribution in [1.29, 1.82) is 0 Å². The van der Waals surface area contributed by atoms with Crippen molar-refractivity contribution in [2.75, 3.05) is 20.1 Å². The maximum absolute atomic E-state index is 13.0. The molecular weight excluding hydrogens is 203 g/mol. The molecule has 3 heteroatoms. The zero-order valence-electron chi connectivity index (χ0n) is 10.3. The van der Waals surface area contributed by atoms with Crippen LogP contribution in [0.2, 0.25) is 0 Å². The number of halogens is 1. The van der Waals surface area contributed by atoms with E-state index in [2.05, 4.69) is 31.1 Å². The molecule has 1 atom stereocenters. The molecule has 0 amide bonds. The number of rotatable bonds is 6. The summed E-state index contributed by atoms with van der Waals surface area (Å²) in [6.07, 6.45) is 0. The summed E-state index contributed by atoms with van der Waals surface area (Å²) >= 11 is 0. The number of likely N-dealkylation sites (N-methyl/N-ethyl adjacent to an activating group) is 2. The molecule has 0 heterocycles. The molecule has 1 rings (SSSR count). The first-order chi connectivity index (χ1) is 7.63. The molecule has 0 spiro atoms. The lowest BCUT2D eigenvalue weighted by atomic mass is 10.2. The van der Waals surface area contributed by atoms with Crippen LogP contribution in [-0.4, -0.2) is 31.1 Å². The van der Waals surface area contributed by atoms with Crippen LogP contribution in [0.1, 0.15) is 19.4 Å². The van der Waals surface area contributed by atoms with E-state index in [-0.39, 0.29) is 5.82 Å². The van der Waals surface area contributed by atoms with Crippen LogP contribution in [-0.2, 0) is 6.54 Å². The SMILES string of the molecule is CCNCC(C)N(C)Cc1cccc(F)c1. The van der Waals surface area contributed by atoms with Crippen LogP contribution < -0.4 is 5.32 Å². The third-order valence-electron chi connectivity index (χ3n) is 2.76. The van der Waals surface area contributed by atoms with Crippen molar-refractivity contribution in [2.45, 2.75) is 26.4 Å². The maximum atomic E-state index is 13.0. The summed E-state index contributed by atoms with van der Waals surface area (Å²) in [6.45, 7) is 6.99. The highest BCUT2D eigenvalue weighted by Crippen LogP contribution is 2.08.